The van der Waals surface area contributed by atoms with Crippen molar-refractivity contribution in [3.8, 4) is 0 Å². The summed E-state index contributed by atoms with van der Waals surface area (Å²) < 4.78 is 0. The molecule has 0 atom stereocenters. The molecule has 1 N–H and O–H groups in total. The van der Waals surface area contributed by atoms with Crippen molar-refractivity contribution >= 4 is 0 Å². The monoisotopic (exact) mass is 460 g/mol. The van der Waals surface area contributed by atoms with Crippen LogP contribution in [0.5, 0.6) is 0 Å². The van der Waals surface area contributed by atoms with Gasteiger partial charge in [-0.1, -0.05) is 122 Å². The van der Waals surface area contributed by atoms with E-state index in [2.05, 4.69) is 85.5 Å². The van der Waals surface area contributed by atoms with Crippen LogP contribution in [0.15, 0.2) is 72.1 Å². The molecule has 0 radical (unpaired) electrons. The van der Waals surface area contributed by atoms with Crippen LogP contribution in [-0.2, 0) is 6.42 Å². The minimum atomic E-state index is 0.125. The van der Waals surface area contributed by atoms with Gasteiger partial charge in [-0.15, -0.1) is 6.58 Å². The Morgan fingerprint density at radius 1 is 0.758 bits per heavy atom. The second-order valence-corrected chi connectivity index (χ2v) is 7.58. The average Bonchev–Trinajstić information content (AvgIpc) is 2.81. The second kappa shape index (κ2) is 32.2. The first-order valence-corrected chi connectivity index (χ1v) is 12.9. The Kier molecular flexibility index (Phi) is 40.2. The Balaban J connectivity index is -0.000000105. The van der Waals surface area contributed by atoms with Crippen molar-refractivity contribution in [2.24, 2.45) is 0 Å². The van der Waals surface area contributed by atoms with Crippen LogP contribution in [0.4, 0.5) is 0 Å². The van der Waals surface area contributed by atoms with Crippen LogP contribution in [0, 0.1) is 6.92 Å². The third-order valence-corrected chi connectivity index (χ3v) is 4.12. The molecule has 0 amide bonds. The molecule has 0 aliphatic carbocycles. The third-order valence-electron chi connectivity index (χ3n) is 4.12. The first kappa shape index (κ1) is 41.3. The van der Waals surface area contributed by atoms with E-state index in [-0.39, 0.29) is 5.76 Å². The molecule has 1 rings (SSSR count). The SMILES string of the molecule is C=C(C)/C(C)=C(/C)C(=C)O.C=C(C)CCCC.CC.CC.CCC.CCc1ccc(C)cc1. The summed E-state index contributed by atoms with van der Waals surface area (Å²) in [5, 5.41) is 8.95. The number of hydrogen-bond donors (Lipinski definition) is 1. The van der Waals surface area contributed by atoms with E-state index < -0.39 is 0 Å². The van der Waals surface area contributed by atoms with Gasteiger partial charge in [-0.3, -0.25) is 0 Å². The molecule has 1 aromatic carbocycles. The van der Waals surface area contributed by atoms with Gasteiger partial charge >= 0.3 is 0 Å². The molecule has 0 aromatic heterocycles. The summed E-state index contributed by atoms with van der Waals surface area (Å²) >= 11 is 0. The molecule has 0 saturated heterocycles. The fourth-order valence-corrected chi connectivity index (χ4v) is 1.84. The first-order chi connectivity index (χ1) is 15.5. The Labute approximate surface area is 210 Å². The zero-order valence-electron chi connectivity index (χ0n) is 24.9. The summed E-state index contributed by atoms with van der Waals surface area (Å²) in [6.45, 7) is 37.4. The topological polar surface area (TPSA) is 20.2 Å². The van der Waals surface area contributed by atoms with Gasteiger partial charge in [-0.05, 0) is 70.6 Å². The summed E-state index contributed by atoms with van der Waals surface area (Å²) in [7, 11) is 0. The highest BCUT2D eigenvalue weighted by Gasteiger charge is 1.98. The first-order valence-electron chi connectivity index (χ1n) is 12.9. The van der Waals surface area contributed by atoms with E-state index in [4.69, 9.17) is 5.11 Å². The van der Waals surface area contributed by atoms with Crippen LogP contribution in [0.2, 0.25) is 0 Å². The lowest BCUT2D eigenvalue weighted by Crippen LogP contribution is -1.87. The van der Waals surface area contributed by atoms with Crippen LogP contribution < -0.4 is 0 Å². The summed E-state index contributed by atoms with van der Waals surface area (Å²) in [5.74, 6) is 0.125. The van der Waals surface area contributed by atoms with Crippen molar-refractivity contribution in [1.29, 1.82) is 0 Å². The van der Waals surface area contributed by atoms with Gasteiger partial charge in [0, 0.05) is 0 Å². The number of hydrogen-bond acceptors (Lipinski definition) is 1. The Morgan fingerprint density at radius 3 is 1.33 bits per heavy atom. The number of rotatable bonds is 6. The minimum absolute atomic E-state index is 0.125. The molecule has 0 saturated carbocycles. The molecule has 0 unspecified atom stereocenters. The smallest absolute Gasteiger partial charge is 0.111 e. The van der Waals surface area contributed by atoms with Gasteiger partial charge in [-0.25, -0.2) is 0 Å². The number of aryl methyl sites for hydroxylation is 2. The highest BCUT2D eigenvalue weighted by atomic mass is 16.3. The molecular formula is C32H60O. The maximum Gasteiger partial charge on any atom is 0.111 e. The molecule has 33 heavy (non-hydrogen) atoms. The van der Waals surface area contributed by atoms with E-state index in [0.29, 0.717) is 0 Å². The molecule has 0 heterocycles. The number of unbranched alkanes of at least 4 members (excludes halogenated alkanes) is 1. The molecule has 1 nitrogen and oxygen atoms in total. The lowest BCUT2D eigenvalue weighted by molar-refractivity contribution is 0.425. The van der Waals surface area contributed by atoms with Crippen molar-refractivity contribution in [2.45, 2.75) is 122 Å². The summed E-state index contributed by atoms with van der Waals surface area (Å²) in [5.41, 5.74) is 6.85. The lowest BCUT2D eigenvalue weighted by Gasteiger charge is -2.04. The van der Waals surface area contributed by atoms with E-state index in [1.807, 2.05) is 48.5 Å². The summed E-state index contributed by atoms with van der Waals surface area (Å²) in [6.07, 6.45) is 6.18. The van der Waals surface area contributed by atoms with E-state index in [1.54, 1.807) is 0 Å². The third kappa shape index (κ3) is 34.8. The molecular weight excluding hydrogens is 400 g/mol. The van der Waals surface area contributed by atoms with E-state index in [1.165, 1.54) is 42.4 Å². The minimum Gasteiger partial charge on any atom is -0.508 e. The maximum absolute atomic E-state index is 8.95. The van der Waals surface area contributed by atoms with Crippen LogP contribution in [-0.4, -0.2) is 5.11 Å². The highest BCUT2D eigenvalue weighted by molar-refractivity contribution is 5.36. The van der Waals surface area contributed by atoms with Gasteiger partial charge in [0.05, 0.1) is 0 Å². The fraction of sp³-hybridized carbons (Fsp3) is 0.562. The molecule has 0 aliphatic rings. The number of aliphatic hydroxyl groups is 1. The molecule has 0 bridgehead atoms. The summed E-state index contributed by atoms with van der Waals surface area (Å²) in [4.78, 5) is 0. The number of allylic oxidation sites excluding steroid dienone is 4. The van der Waals surface area contributed by atoms with Gasteiger partial charge in [-0.2, -0.15) is 0 Å². The van der Waals surface area contributed by atoms with Crippen molar-refractivity contribution in [3.63, 3.8) is 0 Å². The van der Waals surface area contributed by atoms with E-state index >= 15 is 0 Å². The van der Waals surface area contributed by atoms with E-state index in [9.17, 15) is 0 Å². The Morgan fingerprint density at radius 2 is 1.15 bits per heavy atom. The molecule has 0 fully saturated rings. The standard InChI is InChI=1S/C9H14O.C9H12.C7H14.C3H8.2C2H6/c1-6(2)7(3)8(4)9(5)10;1-3-9-6-4-8(2)5-7-9;1-4-5-6-7(2)3;1-3-2;2*1-2/h10H,1,5H2,2-4H3;4-7H,3H2,1-2H3;2,4-6H2,1,3H3;3H2,1-2H3;2*1-2H3/b8-7-;;;;;. The molecule has 0 spiro atoms. The normalized spacial score (nSPS) is 9.12. The van der Waals surface area contributed by atoms with E-state index in [0.717, 1.165) is 23.1 Å². The fourth-order valence-electron chi connectivity index (χ4n) is 1.84. The predicted molar refractivity (Wildman–Crippen MR) is 159 cm³/mol. The predicted octanol–water partition coefficient (Wildman–Crippen LogP) is 11.7. The van der Waals surface area contributed by atoms with Crippen molar-refractivity contribution in [3.05, 3.63) is 83.2 Å². The Hall–Kier alpha value is -2.02. The zero-order valence-corrected chi connectivity index (χ0v) is 24.9. The van der Waals surface area contributed by atoms with Gasteiger partial charge in [0.25, 0.3) is 0 Å². The second-order valence-electron chi connectivity index (χ2n) is 7.58. The zero-order chi connectivity index (χ0) is 27.4. The maximum atomic E-state index is 8.95. The van der Waals surface area contributed by atoms with Crippen LogP contribution in [0.25, 0.3) is 0 Å². The molecule has 194 valence electrons. The average molecular weight is 461 g/mol. The number of aliphatic hydroxyl groups excluding tert-OH is 1. The molecule has 1 aromatic rings. The van der Waals surface area contributed by atoms with Gasteiger partial charge in [0.1, 0.15) is 5.76 Å². The van der Waals surface area contributed by atoms with Crippen LogP contribution >= 0.6 is 0 Å². The van der Waals surface area contributed by atoms with Gasteiger partial charge < -0.3 is 5.11 Å². The largest absolute Gasteiger partial charge is 0.508 e. The number of benzene rings is 1. The van der Waals surface area contributed by atoms with Crippen LogP contribution in [0.3, 0.4) is 0 Å². The van der Waals surface area contributed by atoms with Crippen molar-refractivity contribution < 1.29 is 5.11 Å². The lowest BCUT2D eigenvalue weighted by atomic mass is 10.0. The van der Waals surface area contributed by atoms with Gasteiger partial charge in [0.2, 0.25) is 0 Å². The van der Waals surface area contributed by atoms with Crippen molar-refractivity contribution in [2.75, 3.05) is 0 Å². The molecule has 1 heteroatoms. The highest BCUT2D eigenvalue weighted by Crippen LogP contribution is 2.15. The molecule has 0 aliphatic heterocycles. The van der Waals surface area contributed by atoms with Crippen molar-refractivity contribution in [1.82, 2.24) is 0 Å². The van der Waals surface area contributed by atoms with Crippen LogP contribution in [0.1, 0.15) is 120 Å². The Bertz CT molecular complexity index is 578. The summed E-state index contributed by atoms with van der Waals surface area (Å²) in [6, 6.07) is 8.66. The quantitative estimate of drug-likeness (QED) is 0.254. The van der Waals surface area contributed by atoms with Gasteiger partial charge in [0.15, 0.2) is 0 Å².